The van der Waals surface area contributed by atoms with Gasteiger partial charge in [0.05, 0.1) is 0 Å². The van der Waals surface area contributed by atoms with E-state index in [9.17, 15) is 0 Å². The second-order valence-corrected chi connectivity index (χ2v) is 12.3. The van der Waals surface area contributed by atoms with Crippen LogP contribution in [0.2, 0.25) is 0 Å². The first kappa shape index (κ1) is 26.4. The van der Waals surface area contributed by atoms with Crippen LogP contribution in [0, 0.1) is 22.7 Å². The van der Waals surface area contributed by atoms with E-state index >= 15 is 0 Å². The van der Waals surface area contributed by atoms with Gasteiger partial charge in [0.1, 0.15) is 0 Å². The predicted octanol–water partition coefficient (Wildman–Crippen LogP) is 9.18. The van der Waals surface area contributed by atoms with Gasteiger partial charge in [-0.25, -0.2) is 0 Å². The van der Waals surface area contributed by atoms with E-state index in [1.165, 1.54) is 63.4 Å². The fourth-order valence-corrected chi connectivity index (χ4v) is 6.33. The second kappa shape index (κ2) is 11.4. The SMILES string of the molecule is CC(C)=C(CC/C(C)=C/CCC1=C(C)CCC2(C)CCC(C)(C)CC12)C(C)CCCO. The molecule has 0 aromatic heterocycles. The summed E-state index contributed by atoms with van der Waals surface area (Å²) in [5, 5.41) is 9.16. The van der Waals surface area contributed by atoms with E-state index in [1.807, 2.05) is 5.57 Å². The van der Waals surface area contributed by atoms with Gasteiger partial charge < -0.3 is 5.11 Å². The summed E-state index contributed by atoms with van der Waals surface area (Å²) in [7, 11) is 0. The van der Waals surface area contributed by atoms with Crippen molar-refractivity contribution in [3.63, 3.8) is 0 Å². The van der Waals surface area contributed by atoms with Gasteiger partial charge in [0, 0.05) is 6.61 Å². The summed E-state index contributed by atoms with van der Waals surface area (Å²) in [5.41, 5.74) is 9.20. The molecule has 0 aliphatic heterocycles. The molecule has 1 heteroatoms. The van der Waals surface area contributed by atoms with E-state index in [0.717, 1.165) is 18.8 Å². The highest BCUT2D eigenvalue weighted by atomic mass is 16.2. The first-order valence-electron chi connectivity index (χ1n) is 13.1. The summed E-state index contributed by atoms with van der Waals surface area (Å²) in [6, 6.07) is 0. The summed E-state index contributed by atoms with van der Waals surface area (Å²) < 4.78 is 0. The van der Waals surface area contributed by atoms with Crippen LogP contribution >= 0.6 is 0 Å². The Morgan fingerprint density at radius 1 is 1.10 bits per heavy atom. The van der Waals surface area contributed by atoms with Crippen molar-refractivity contribution in [1.29, 1.82) is 0 Å². The minimum absolute atomic E-state index is 0.311. The Bertz CT molecular complexity index is 685. The Balaban J connectivity index is 1.96. The third-order valence-electron chi connectivity index (χ3n) is 8.74. The van der Waals surface area contributed by atoms with Gasteiger partial charge in [-0.05, 0) is 121 Å². The summed E-state index contributed by atoms with van der Waals surface area (Å²) in [6.45, 7) is 19.5. The van der Waals surface area contributed by atoms with E-state index in [4.69, 9.17) is 5.11 Å². The number of allylic oxidation sites excluding steroid dienone is 6. The topological polar surface area (TPSA) is 20.2 Å². The van der Waals surface area contributed by atoms with Crippen molar-refractivity contribution in [3.8, 4) is 0 Å². The molecule has 1 nitrogen and oxygen atoms in total. The number of rotatable bonds is 10. The molecule has 0 aromatic carbocycles. The van der Waals surface area contributed by atoms with E-state index < -0.39 is 0 Å². The summed E-state index contributed by atoms with van der Waals surface area (Å²) in [6.07, 6.45) is 16.3. The Labute approximate surface area is 194 Å². The summed E-state index contributed by atoms with van der Waals surface area (Å²) >= 11 is 0. The van der Waals surface area contributed by atoms with Gasteiger partial charge >= 0.3 is 0 Å². The molecule has 2 rings (SSSR count). The van der Waals surface area contributed by atoms with Crippen LogP contribution in [0.1, 0.15) is 126 Å². The van der Waals surface area contributed by atoms with Crippen LogP contribution in [-0.4, -0.2) is 11.7 Å². The van der Waals surface area contributed by atoms with Gasteiger partial charge in [-0.3, -0.25) is 0 Å². The molecular weight excluding hydrogens is 376 g/mol. The predicted molar refractivity (Wildman–Crippen MR) is 137 cm³/mol. The monoisotopic (exact) mass is 428 g/mol. The second-order valence-electron chi connectivity index (χ2n) is 12.3. The molecule has 1 saturated carbocycles. The van der Waals surface area contributed by atoms with Crippen molar-refractivity contribution in [3.05, 3.63) is 33.9 Å². The Morgan fingerprint density at radius 2 is 1.81 bits per heavy atom. The van der Waals surface area contributed by atoms with Crippen LogP contribution in [0.3, 0.4) is 0 Å². The molecule has 3 atom stereocenters. The van der Waals surface area contributed by atoms with Crippen molar-refractivity contribution in [2.24, 2.45) is 22.7 Å². The number of aliphatic hydroxyl groups is 1. The van der Waals surface area contributed by atoms with E-state index in [-0.39, 0.29) is 0 Å². The third kappa shape index (κ3) is 7.34. The molecule has 0 amide bonds. The van der Waals surface area contributed by atoms with Crippen molar-refractivity contribution >= 4 is 0 Å². The van der Waals surface area contributed by atoms with Crippen LogP contribution < -0.4 is 0 Å². The molecule has 2 aliphatic rings. The highest BCUT2D eigenvalue weighted by Crippen LogP contribution is 2.57. The number of hydrogen-bond donors (Lipinski definition) is 1. The van der Waals surface area contributed by atoms with Gasteiger partial charge in [-0.2, -0.15) is 0 Å². The average molecular weight is 429 g/mol. The Morgan fingerprint density at radius 3 is 2.45 bits per heavy atom. The van der Waals surface area contributed by atoms with Crippen molar-refractivity contribution in [2.45, 2.75) is 126 Å². The molecular formula is C30H52O. The number of fused-ring (bicyclic) bond motifs is 1. The molecule has 178 valence electrons. The molecule has 0 saturated heterocycles. The lowest BCUT2D eigenvalue weighted by molar-refractivity contribution is 0.0444. The third-order valence-corrected chi connectivity index (χ3v) is 8.74. The van der Waals surface area contributed by atoms with Gasteiger partial charge in [0.15, 0.2) is 0 Å². The molecule has 1 fully saturated rings. The van der Waals surface area contributed by atoms with Crippen LogP contribution in [0.5, 0.6) is 0 Å². The Kier molecular flexibility index (Phi) is 9.68. The highest BCUT2D eigenvalue weighted by Gasteiger charge is 2.45. The minimum Gasteiger partial charge on any atom is -0.396 e. The van der Waals surface area contributed by atoms with Crippen LogP contribution in [0.25, 0.3) is 0 Å². The minimum atomic E-state index is 0.311. The largest absolute Gasteiger partial charge is 0.396 e. The molecule has 2 aliphatic carbocycles. The molecule has 0 aromatic rings. The lowest BCUT2D eigenvalue weighted by Crippen LogP contribution is -2.41. The van der Waals surface area contributed by atoms with Crippen LogP contribution in [-0.2, 0) is 0 Å². The quantitative estimate of drug-likeness (QED) is 0.344. The van der Waals surface area contributed by atoms with Crippen molar-refractivity contribution < 1.29 is 5.11 Å². The fourth-order valence-electron chi connectivity index (χ4n) is 6.33. The van der Waals surface area contributed by atoms with E-state index in [0.29, 0.717) is 23.4 Å². The van der Waals surface area contributed by atoms with Gasteiger partial charge in [-0.15, -0.1) is 0 Å². The normalized spacial score (nSPS) is 27.1. The maximum Gasteiger partial charge on any atom is 0.0431 e. The molecule has 31 heavy (non-hydrogen) atoms. The molecule has 1 N–H and O–H groups in total. The van der Waals surface area contributed by atoms with Gasteiger partial charge in [0.25, 0.3) is 0 Å². The molecule has 3 unspecified atom stereocenters. The Hall–Kier alpha value is -0.820. The maximum atomic E-state index is 9.16. The molecule has 0 radical (unpaired) electrons. The zero-order valence-electron chi connectivity index (χ0n) is 22.2. The van der Waals surface area contributed by atoms with Crippen LogP contribution in [0.4, 0.5) is 0 Å². The smallest absolute Gasteiger partial charge is 0.0431 e. The number of aliphatic hydroxyl groups excluding tert-OH is 1. The number of hydrogen-bond acceptors (Lipinski definition) is 1. The fraction of sp³-hybridized carbons (Fsp3) is 0.800. The zero-order valence-corrected chi connectivity index (χ0v) is 22.2. The molecule has 0 bridgehead atoms. The lowest BCUT2D eigenvalue weighted by atomic mass is 9.53. The lowest BCUT2D eigenvalue weighted by Gasteiger charge is -2.52. The van der Waals surface area contributed by atoms with E-state index in [1.54, 1.807) is 16.7 Å². The average Bonchev–Trinajstić information content (AvgIpc) is 2.69. The standard InChI is InChI=1S/C30H52O/c1-22(2)26(24(4)12-10-20-31)15-14-23(3)11-9-13-27-25(5)16-17-30(8)19-18-29(6,7)21-28(27)30/h11,24,28,31H,9-10,12-21H2,1-8H3/b23-11+. The van der Waals surface area contributed by atoms with Crippen molar-refractivity contribution in [1.82, 2.24) is 0 Å². The van der Waals surface area contributed by atoms with Gasteiger partial charge in [-0.1, -0.05) is 61.6 Å². The highest BCUT2D eigenvalue weighted by molar-refractivity contribution is 5.25. The first-order valence-corrected chi connectivity index (χ1v) is 13.1. The van der Waals surface area contributed by atoms with Crippen LogP contribution in [0.15, 0.2) is 33.9 Å². The zero-order chi connectivity index (χ0) is 23.2. The molecule has 0 spiro atoms. The summed E-state index contributed by atoms with van der Waals surface area (Å²) in [5.74, 6) is 1.40. The van der Waals surface area contributed by atoms with Gasteiger partial charge in [0.2, 0.25) is 0 Å². The van der Waals surface area contributed by atoms with E-state index in [2.05, 4.69) is 61.5 Å². The maximum absolute atomic E-state index is 9.16. The summed E-state index contributed by atoms with van der Waals surface area (Å²) in [4.78, 5) is 0. The molecule has 0 heterocycles. The first-order chi connectivity index (χ1) is 14.5. The van der Waals surface area contributed by atoms with Crippen molar-refractivity contribution in [2.75, 3.05) is 6.61 Å².